The summed E-state index contributed by atoms with van der Waals surface area (Å²) >= 11 is 0. The van der Waals surface area contributed by atoms with Crippen LogP contribution in [0.25, 0.3) is 0 Å². The Kier molecular flexibility index (Phi) is 1.88. The van der Waals surface area contributed by atoms with E-state index in [1.54, 1.807) is 0 Å². The minimum absolute atomic E-state index is 0.231. The van der Waals surface area contributed by atoms with Gasteiger partial charge < -0.3 is 5.32 Å². The minimum atomic E-state index is -0.231. The average molecular weight is 292 g/mol. The Labute approximate surface area is 130 Å². The first-order valence-electron chi connectivity index (χ1n) is 8.57. The molecule has 1 saturated carbocycles. The monoisotopic (exact) mass is 292 g/mol. The highest BCUT2D eigenvalue weighted by atomic mass is 16.1. The van der Waals surface area contributed by atoms with Crippen LogP contribution in [0.4, 0.5) is 5.69 Å². The highest BCUT2D eigenvalue weighted by Crippen LogP contribution is 2.64. The van der Waals surface area contributed by atoms with Gasteiger partial charge in [0, 0.05) is 30.2 Å². The molecule has 0 radical (unpaired) electrons. The molecule has 1 aromatic carbocycles. The van der Waals surface area contributed by atoms with Gasteiger partial charge in [-0.2, -0.15) is 0 Å². The van der Waals surface area contributed by atoms with Gasteiger partial charge >= 0.3 is 0 Å². The molecule has 6 aliphatic rings. The molecule has 7 rings (SSSR count). The Morgan fingerprint density at radius 2 is 2.18 bits per heavy atom. The number of carbonyl (C=O) groups is 1. The van der Waals surface area contributed by atoms with Crippen LogP contribution >= 0.6 is 0 Å². The van der Waals surface area contributed by atoms with Gasteiger partial charge in [-0.05, 0) is 37.3 Å². The third kappa shape index (κ3) is 1.00. The number of carbonyl (C=O) groups excluding carboxylic acids is 1. The number of benzene rings is 1. The van der Waals surface area contributed by atoms with Crippen LogP contribution in [-0.2, 0) is 10.2 Å². The van der Waals surface area contributed by atoms with Crippen molar-refractivity contribution in [2.24, 2.45) is 11.8 Å². The summed E-state index contributed by atoms with van der Waals surface area (Å²) in [6, 6.07) is 9.84. The maximum Gasteiger partial charge on any atom is 0.150 e. The molecule has 1 aromatic rings. The molecule has 3 nitrogen and oxygen atoms in total. The Morgan fingerprint density at radius 3 is 3.05 bits per heavy atom. The fourth-order valence-electron chi connectivity index (χ4n) is 6.57. The van der Waals surface area contributed by atoms with Crippen LogP contribution in [0.5, 0.6) is 0 Å². The molecule has 22 heavy (non-hydrogen) atoms. The Balaban J connectivity index is 1.62. The second-order valence-corrected chi connectivity index (χ2v) is 7.75. The lowest BCUT2D eigenvalue weighted by Gasteiger charge is -2.57. The molecule has 1 aliphatic carbocycles. The van der Waals surface area contributed by atoms with Crippen molar-refractivity contribution in [2.75, 3.05) is 11.9 Å². The van der Waals surface area contributed by atoms with E-state index in [0.29, 0.717) is 29.8 Å². The van der Waals surface area contributed by atoms with E-state index < -0.39 is 0 Å². The van der Waals surface area contributed by atoms with Crippen LogP contribution in [0.3, 0.4) is 0 Å². The quantitative estimate of drug-likeness (QED) is 0.745. The second-order valence-electron chi connectivity index (χ2n) is 7.75. The Bertz CT molecular complexity index is 754. The molecular formula is C19H20N2O. The number of rotatable bonds is 0. The number of nitrogens with one attached hydrogen (secondary N) is 1. The molecule has 4 saturated heterocycles. The van der Waals surface area contributed by atoms with E-state index in [4.69, 9.17) is 0 Å². The Hall–Kier alpha value is -1.61. The maximum atomic E-state index is 13.6. The summed E-state index contributed by atoms with van der Waals surface area (Å²) in [5.41, 5.74) is 3.77. The lowest BCUT2D eigenvalue weighted by molar-refractivity contribution is -0.126. The van der Waals surface area contributed by atoms with Crippen molar-refractivity contribution in [1.82, 2.24) is 4.90 Å². The van der Waals surface area contributed by atoms with Crippen molar-refractivity contribution in [3.05, 3.63) is 41.5 Å². The highest BCUT2D eigenvalue weighted by molar-refractivity contribution is 6.01. The van der Waals surface area contributed by atoms with Gasteiger partial charge in [-0.3, -0.25) is 9.69 Å². The molecule has 1 spiro atoms. The number of hydrogen-bond acceptors (Lipinski definition) is 3. The number of allylic oxidation sites excluding steroid dienone is 1. The van der Waals surface area contributed by atoms with Crippen LogP contribution in [0.1, 0.15) is 25.3 Å². The van der Waals surface area contributed by atoms with Gasteiger partial charge in [0.25, 0.3) is 0 Å². The summed E-state index contributed by atoms with van der Waals surface area (Å²) in [6.45, 7) is 3.23. The molecule has 5 fully saturated rings. The number of ketones is 1. The van der Waals surface area contributed by atoms with Crippen LogP contribution in [0, 0.1) is 11.8 Å². The van der Waals surface area contributed by atoms with Crippen molar-refractivity contribution in [1.29, 1.82) is 0 Å². The predicted molar refractivity (Wildman–Crippen MR) is 84.8 cm³/mol. The van der Waals surface area contributed by atoms with Crippen LogP contribution < -0.4 is 5.32 Å². The van der Waals surface area contributed by atoms with Crippen LogP contribution in [-0.4, -0.2) is 35.4 Å². The van der Waals surface area contributed by atoms with Gasteiger partial charge in [0.2, 0.25) is 0 Å². The molecule has 5 aliphatic heterocycles. The standard InChI is InChI=1S/C19H20N2O/c1-2-10-9-21-14-7-11(10)16-15(21)8-19(18(16)22)12-5-3-4-6-13(12)20-17(14)19/h2-6,11,14-17,20H,7-9H2,1H3. The molecule has 3 heteroatoms. The van der Waals surface area contributed by atoms with Crippen molar-refractivity contribution < 1.29 is 4.79 Å². The van der Waals surface area contributed by atoms with Crippen molar-refractivity contribution >= 4 is 11.5 Å². The summed E-state index contributed by atoms with van der Waals surface area (Å²) in [5, 5.41) is 3.75. The fourth-order valence-corrected chi connectivity index (χ4v) is 6.57. The van der Waals surface area contributed by atoms with Crippen LogP contribution in [0.2, 0.25) is 0 Å². The van der Waals surface area contributed by atoms with Crippen LogP contribution in [0.15, 0.2) is 35.9 Å². The molecule has 5 heterocycles. The van der Waals surface area contributed by atoms with Crippen molar-refractivity contribution in [2.45, 2.75) is 43.3 Å². The lowest BCUT2D eigenvalue weighted by Crippen LogP contribution is -2.66. The van der Waals surface area contributed by atoms with E-state index in [1.807, 2.05) is 0 Å². The first-order valence-corrected chi connectivity index (χ1v) is 8.57. The third-order valence-corrected chi connectivity index (χ3v) is 7.32. The first kappa shape index (κ1) is 11.9. The highest BCUT2D eigenvalue weighted by Gasteiger charge is 2.73. The zero-order chi connectivity index (χ0) is 14.6. The van der Waals surface area contributed by atoms with E-state index in [-0.39, 0.29) is 11.3 Å². The topological polar surface area (TPSA) is 32.3 Å². The van der Waals surface area contributed by atoms with Crippen molar-refractivity contribution in [3.63, 3.8) is 0 Å². The smallest absolute Gasteiger partial charge is 0.150 e. The number of fused-ring (bicyclic) bond motifs is 2. The molecule has 7 atom stereocenters. The molecule has 0 aromatic heterocycles. The molecule has 0 amide bonds. The van der Waals surface area contributed by atoms with E-state index in [1.165, 1.54) is 23.2 Å². The maximum absolute atomic E-state index is 13.6. The largest absolute Gasteiger partial charge is 0.379 e. The molecule has 5 bridgehead atoms. The molecular weight excluding hydrogens is 272 g/mol. The molecule has 112 valence electrons. The lowest BCUT2D eigenvalue weighted by atomic mass is 9.65. The normalized spacial score (nSPS) is 51.1. The van der Waals surface area contributed by atoms with E-state index in [9.17, 15) is 4.79 Å². The van der Waals surface area contributed by atoms with Gasteiger partial charge in [-0.15, -0.1) is 0 Å². The predicted octanol–water partition coefficient (Wildman–Crippen LogP) is 2.34. The van der Waals surface area contributed by atoms with Gasteiger partial charge in [0.15, 0.2) is 5.78 Å². The number of hydrogen-bond donors (Lipinski definition) is 1. The number of Topliss-reactive ketones (excluding diaryl/α,β-unsaturated/α-hetero) is 1. The fraction of sp³-hybridized carbons (Fsp3) is 0.526. The summed E-state index contributed by atoms with van der Waals surface area (Å²) in [6.07, 6.45) is 4.47. The number of nitrogens with zero attached hydrogens (tertiary/aromatic N) is 1. The summed E-state index contributed by atoms with van der Waals surface area (Å²) in [5.74, 6) is 1.29. The number of para-hydroxylation sites is 1. The second kappa shape index (κ2) is 3.48. The zero-order valence-corrected chi connectivity index (χ0v) is 12.8. The van der Waals surface area contributed by atoms with Gasteiger partial charge in [0.1, 0.15) is 0 Å². The summed E-state index contributed by atoms with van der Waals surface area (Å²) in [4.78, 5) is 16.2. The summed E-state index contributed by atoms with van der Waals surface area (Å²) < 4.78 is 0. The van der Waals surface area contributed by atoms with E-state index in [0.717, 1.165) is 13.0 Å². The van der Waals surface area contributed by atoms with E-state index in [2.05, 4.69) is 47.5 Å². The van der Waals surface area contributed by atoms with Crippen molar-refractivity contribution in [3.8, 4) is 0 Å². The zero-order valence-electron chi connectivity index (χ0n) is 12.8. The van der Waals surface area contributed by atoms with Gasteiger partial charge in [0.05, 0.1) is 11.5 Å². The number of anilines is 1. The first-order chi connectivity index (χ1) is 10.8. The molecule has 7 unspecified atom stereocenters. The van der Waals surface area contributed by atoms with E-state index >= 15 is 0 Å². The third-order valence-electron chi connectivity index (χ3n) is 7.32. The minimum Gasteiger partial charge on any atom is -0.379 e. The van der Waals surface area contributed by atoms with Gasteiger partial charge in [-0.1, -0.05) is 29.8 Å². The summed E-state index contributed by atoms with van der Waals surface area (Å²) in [7, 11) is 0. The number of piperidine rings is 4. The SMILES string of the molecule is CC=C1CN2C3CC45C(=O)C3C1CC2C4Nc1ccccc15. The van der Waals surface area contributed by atoms with Gasteiger partial charge in [-0.25, -0.2) is 0 Å². The molecule has 1 N–H and O–H groups in total. The Morgan fingerprint density at radius 1 is 1.32 bits per heavy atom. The average Bonchev–Trinajstić information content (AvgIpc) is 3.02.